The molecule has 0 atom stereocenters. The molecule has 1 heterocycles. The fourth-order valence-electron chi connectivity index (χ4n) is 1.91. The average Bonchev–Trinajstić information content (AvgIpc) is 2.53. The van der Waals surface area contributed by atoms with Crippen LogP contribution in [-0.4, -0.2) is 17.6 Å². The van der Waals surface area contributed by atoms with Crippen molar-refractivity contribution in [3.05, 3.63) is 59.9 Å². The molecule has 0 aliphatic carbocycles. The number of benzene rings is 1. The maximum absolute atomic E-state index is 12.6. The van der Waals surface area contributed by atoms with Crippen molar-refractivity contribution in [2.75, 3.05) is 6.61 Å². The molecule has 0 N–H and O–H groups in total. The Bertz CT molecular complexity index is 707. The van der Waals surface area contributed by atoms with E-state index in [1.165, 1.54) is 18.2 Å². The van der Waals surface area contributed by atoms with E-state index >= 15 is 0 Å². The first-order valence-electron chi connectivity index (χ1n) is 6.87. The summed E-state index contributed by atoms with van der Waals surface area (Å²) in [5.74, 6) is -0.465. The number of pyridine rings is 1. The Morgan fingerprint density at radius 1 is 1.17 bits per heavy atom. The van der Waals surface area contributed by atoms with Crippen molar-refractivity contribution in [3.8, 4) is 11.1 Å². The molecule has 0 saturated carbocycles. The molecular weight excluding hydrogens is 307 g/mol. The van der Waals surface area contributed by atoms with Crippen LogP contribution in [-0.2, 0) is 15.7 Å². The van der Waals surface area contributed by atoms with Crippen LogP contribution in [0.1, 0.15) is 18.1 Å². The van der Waals surface area contributed by atoms with Crippen molar-refractivity contribution < 1.29 is 22.7 Å². The minimum atomic E-state index is -4.36. The van der Waals surface area contributed by atoms with Gasteiger partial charge in [-0.05, 0) is 42.3 Å². The van der Waals surface area contributed by atoms with Crippen molar-refractivity contribution in [2.45, 2.75) is 13.1 Å². The Hall–Kier alpha value is -2.63. The molecular formula is C17H14F3NO2. The quantitative estimate of drug-likeness (QED) is 0.621. The number of hydrogen-bond acceptors (Lipinski definition) is 3. The molecule has 0 amide bonds. The topological polar surface area (TPSA) is 39.2 Å². The Labute approximate surface area is 131 Å². The molecule has 0 fully saturated rings. The van der Waals surface area contributed by atoms with Crippen LogP contribution in [0.25, 0.3) is 17.2 Å². The van der Waals surface area contributed by atoms with Gasteiger partial charge in [0.05, 0.1) is 12.2 Å². The van der Waals surface area contributed by atoms with Gasteiger partial charge in [-0.1, -0.05) is 12.1 Å². The van der Waals surface area contributed by atoms with E-state index < -0.39 is 17.7 Å². The maximum atomic E-state index is 12.6. The SMILES string of the molecule is CCOC(=O)/C=C/c1cncc(-c2ccc(C(F)(F)F)cc2)c1. The highest BCUT2D eigenvalue weighted by molar-refractivity contribution is 5.87. The van der Waals surface area contributed by atoms with E-state index in [9.17, 15) is 18.0 Å². The largest absolute Gasteiger partial charge is 0.463 e. The van der Waals surface area contributed by atoms with Crippen LogP contribution in [0.15, 0.2) is 48.8 Å². The van der Waals surface area contributed by atoms with Crippen LogP contribution < -0.4 is 0 Å². The van der Waals surface area contributed by atoms with E-state index in [1.807, 2.05) is 0 Å². The van der Waals surface area contributed by atoms with Gasteiger partial charge in [0, 0.05) is 24.0 Å². The first-order valence-corrected chi connectivity index (χ1v) is 6.87. The molecule has 0 saturated heterocycles. The van der Waals surface area contributed by atoms with Gasteiger partial charge in [-0.3, -0.25) is 4.98 Å². The molecule has 1 aromatic carbocycles. The highest BCUT2D eigenvalue weighted by atomic mass is 19.4. The minimum absolute atomic E-state index is 0.285. The summed E-state index contributed by atoms with van der Waals surface area (Å²) in [5, 5.41) is 0. The van der Waals surface area contributed by atoms with Gasteiger partial charge in [-0.2, -0.15) is 13.2 Å². The lowest BCUT2D eigenvalue weighted by Gasteiger charge is -2.08. The molecule has 0 spiro atoms. The number of rotatable bonds is 4. The van der Waals surface area contributed by atoms with Gasteiger partial charge in [0.1, 0.15) is 0 Å². The van der Waals surface area contributed by atoms with E-state index in [0.717, 1.165) is 12.1 Å². The first-order chi connectivity index (χ1) is 10.9. The number of nitrogens with zero attached hydrogens (tertiary/aromatic N) is 1. The second-order valence-corrected chi connectivity index (χ2v) is 4.67. The van der Waals surface area contributed by atoms with Gasteiger partial charge in [-0.15, -0.1) is 0 Å². The average molecular weight is 321 g/mol. The van der Waals surface area contributed by atoms with Gasteiger partial charge in [0.2, 0.25) is 0 Å². The summed E-state index contributed by atoms with van der Waals surface area (Å²) in [4.78, 5) is 15.3. The second-order valence-electron chi connectivity index (χ2n) is 4.67. The van der Waals surface area contributed by atoms with Crippen molar-refractivity contribution in [1.82, 2.24) is 4.98 Å². The van der Waals surface area contributed by atoms with Crippen LogP contribution in [0.2, 0.25) is 0 Å². The number of carbonyl (C=O) groups is 1. The van der Waals surface area contributed by atoms with Gasteiger partial charge < -0.3 is 4.74 Å². The van der Waals surface area contributed by atoms with Crippen LogP contribution >= 0.6 is 0 Å². The van der Waals surface area contributed by atoms with Gasteiger partial charge >= 0.3 is 12.1 Å². The van der Waals surface area contributed by atoms with E-state index in [0.29, 0.717) is 16.7 Å². The molecule has 1 aromatic heterocycles. The molecule has 3 nitrogen and oxygen atoms in total. The molecule has 6 heteroatoms. The van der Waals surface area contributed by atoms with Crippen molar-refractivity contribution in [1.29, 1.82) is 0 Å². The molecule has 0 aliphatic heterocycles. The third-order valence-electron chi connectivity index (χ3n) is 3.00. The monoisotopic (exact) mass is 321 g/mol. The van der Waals surface area contributed by atoms with Crippen molar-refractivity contribution >= 4 is 12.0 Å². The van der Waals surface area contributed by atoms with Crippen LogP contribution in [0.4, 0.5) is 13.2 Å². The predicted octanol–water partition coefficient (Wildman–Crippen LogP) is 4.34. The van der Waals surface area contributed by atoms with Crippen molar-refractivity contribution in [2.24, 2.45) is 0 Å². The zero-order valence-electron chi connectivity index (χ0n) is 12.3. The number of aromatic nitrogens is 1. The van der Waals surface area contributed by atoms with Crippen LogP contribution in [0.3, 0.4) is 0 Å². The van der Waals surface area contributed by atoms with E-state index in [-0.39, 0.29) is 6.61 Å². The predicted molar refractivity (Wildman–Crippen MR) is 80.3 cm³/mol. The highest BCUT2D eigenvalue weighted by Crippen LogP contribution is 2.31. The summed E-state index contributed by atoms with van der Waals surface area (Å²) < 4.78 is 42.5. The number of hydrogen-bond donors (Lipinski definition) is 0. The second kappa shape index (κ2) is 7.09. The third kappa shape index (κ3) is 4.67. The molecule has 0 aliphatic rings. The smallest absolute Gasteiger partial charge is 0.416 e. The third-order valence-corrected chi connectivity index (χ3v) is 3.00. The summed E-state index contributed by atoms with van der Waals surface area (Å²) >= 11 is 0. The first kappa shape index (κ1) is 16.7. The van der Waals surface area contributed by atoms with Crippen LogP contribution in [0.5, 0.6) is 0 Å². The summed E-state index contributed by atoms with van der Waals surface area (Å²) in [6.45, 7) is 1.99. The lowest BCUT2D eigenvalue weighted by Crippen LogP contribution is -2.04. The molecule has 2 aromatic rings. The van der Waals surface area contributed by atoms with E-state index in [2.05, 4.69) is 4.98 Å². The summed E-state index contributed by atoms with van der Waals surface area (Å²) in [7, 11) is 0. The lowest BCUT2D eigenvalue weighted by atomic mass is 10.0. The summed E-state index contributed by atoms with van der Waals surface area (Å²) in [5.41, 5.74) is 1.21. The van der Waals surface area contributed by atoms with E-state index in [4.69, 9.17) is 4.74 Å². The molecule has 2 rings (SSSR count). The zero-order valence-corrected chi connectivity index (χ0v) is 12.3. The van der Waals surface area contributed by atoms with Crippen molar-refractivity contribution in [3.63, 3.8) is 0 Å². The summed E-state index contributed by atoms with van der Waals surface area (Å²) in [6, 6.07) is 6.55. The van der Waals surface area contributed by atoms with E-state index in [1.54, 1.807) is 31.5 Å². The summed E-state index contributed by atoms with van der Waals surface area (Å²) in [6.07, 6.45) is 1.55. The number of alkyl halides is 3. The lowest BCUT2D eigenvalue weighted by molar-refractivity contribution is -0.138. The Morgan fingerprint density at radius 2 is 1.87 bits per heavy atom. The normalized spacial score (nSPS) is 11.7. The molecule has 0 radical (unpaired) electrons. The fraction of sp³-hybridized carbons (Fsp3) is 0.176. The Kier molecular flexibility index (Phi) is 5.16. The fourth-order valence-corrected chi connectivity index (χ4v) is 1.91. The highest BCUT2D eigenvalue weighted by Gasteiger charge is 2.29. The Balaban J connectivity index is 2.21. The Morgan fingerprint density at radius 3 is 2.48 bits per heavy atom. The molecule has 120 valence electrons. The standard InChI is InChI=1S/C17H14F3NO2/c1-2-23-16(22)8-3-12-9-14(11-21-10-12)13-4-6-15(7-5-13)17(18,19)20/h3-11H,2H2,1H3/b8-3+. The van der Waals surface area contributed by atoms with Crippen LogP contribution in [0, 0.1) is 0 Å². The van der Waals surface area contributed by atoms with Gasteiger partial charge in [0.25, 0.3) is 0 Å². The van der Waals surface area contributed by atoms with Gasteiger partial charge in [0.15, 0.2) is 0 Å². The minimum Gasteiger partial charge on any atom is -0.463 e. The molecule has 0 unspecified atom stereocenters. The molecule has 0 bridgehead atoms. The number of carbonyl (C=O) groups excluding carboxylic acids is 1. The zero-order chi connectivity index (χ0) is 16.9. The number of esters is 1. The van der Waals surface area contributed by atoms with Gasteiger partial charge in [-0.25, -0.2) is 4.79 Å². The molecule has 23 heavy (non-hydrogen) atoms. The number of halogens is 3. The maximum Gasteiger partial charge on any atom is 0.416 e. The number of ether oxygens (including phenoxy) is 1.